The van der Waals surface area contributed by atoms with Crippen LogP contribution in [0.4, 0.5) is 0 Å². The zero-order valence-corrected chi connectivity index (χ0v) is 15.6. The van der Waals surface area contributed by atoms with E-state index in [4.69, 9.17) is 0 Å². The molecule has 0 unspecified atom stereocenters. The van der Waals surface area contributed by atoms with Crippen molar-refractivity contribution in [2.75, 3.05) is 7.05 Å². The van der Waals surface area contributed by atoms with Gasteiger partial charge < -0.3 is 15.2 Å². The van der Waals surface area contributed by atoms with E-state index >= 15 is 0 Å². The molecule has 116 valence electrons. The summed E-state index contributed by atoms with van der Waals surface area (Å²) in [6.45, 7) is 6.44. The lowest BCUT2D eigenvalue weighted by molar-refractivity contribution is 0.670. The molecule has 0 radical (unpaired) electrons. The van der Waals surface area contributed by atoms with Crippen LogP contribution in [0.5, 0.6) is 0 Å². The van der Waals surface area contributed by atoms with Crippen LogP contribution in [0.25, 0.3) is 0 Å². The van der Waals surface area contributed by atoms with Crippen molar-refractivity contribution in [3.63, 3.8) is 0 Å². The molecule has 6 nitrogen and oxygen atoms in total. The summed E-state index contributed by atoms with van der Waals surface area (Å²) in [4.78, 5) is 5.54. The second-order valence-electron chi connectivity index (χ2n) is 4.34. The summed E-state index contributed by atoms with van der Waals surface area (Å²) in [6, 6.07) is 2.13. The Morgan fingerprint density at radius 1 is 1.38 bits per heavy atom. The standard InChI is InChI=1S/C13H20N6S.HI/c1-4-19-9-17-18-12(19)8-16-13(14-3)15-7-11-10(2)5-6-20-11;/h5-6,9H,4,7-8H2,1-3H3,(H2,14,15,16);1H. The van der Waals surface area contributed by atoms with Crippen LogP contribution in [0.15, 0.2) is 22.8 Å². The van der Waals surface area contributed by atoms with E-state index < -0.39 is 0 Å². The Balaban J connectivity index is 0.00000220. The van der Waals surface area contributed by atoms with Crippen LogP contribution in [-0.2, 0) is 19.6 Å². The van der Waals surface area contributed by atoms with E-state index in [1.807, 2.05) is 4.57 Å². The molecule has 2 N–H and O–H groups in total. The summed E-state index contributed by atoms with van der Waals surface area (Å²) in [6.07, 6.45) is 1.74. The Kier molecular flexibility index (Phi) is 7.65. The van der Waals surface area contributed by atoms with Crippen LogP contribution in [0.3, 0.4) is 0 Å². The molecule has 0 aliphatic carbocycles. The highest BCUT2D eigenvalue weighted by Gasteiger charge is 2.05. The van der Waals surface area contributed by atoms with Crippen LogP contribution in [0.2, 0.25) is 0 Å². The van der Waals surface area contributed by atoms with Crippen molar-refractivity contribution >= 4 is 41.3 Å². The van der Waals surface area contributed by atoms with Crippen LogP contribution in [-0.4, -0.2) is 27.8 Å². The second kappa shape index (κ2) is 8.98. The molecule has 0 atom stereocenters. The fourth-order valence-electron chi connectivity index (χ4n) is 1.81. The number of halogens is 1. The number of hydrogen-bond acceptors (Lipinski definition) is 4. The van der Waals surface area contributed by atoms with Crippen LogP contribution in [0, 0.1) is 6.92 Å². The van der Waals surface area contributed by atoms with Crippen molar-refractivity contribution in [2.24, 2.45) is 4.99 Å². The summed E-state index contributed by atoms with van der Waals surface area (Å²) in [7, 11) is 1.77. The molecular weight excluding hydrogens is 399 g/mol. The van der Waals surface area contributed by atoms with E-state index in [9.17, 15) is 0 Å². The largest absolute Gasteiger partial charge is 0.352 e. The van der Waals surface area contributed by atoms with E-state index in [1.165, 1.54) is 10.4 Å². The molecule has 2 aromatic rings. The third-order valence-electron chi connectivity index (χ3n) is 3.06. The van der Waals surface area contributed by atoms with Gasteiger partial charge in [0.15, 0.2) is 11.8 Å². The third-order valence-corrected chi connectivity index (χ3v) is 4.08. The lowest BCUT2D eigenvalue weighted by Crippen LogP contribution is -2.36. The van der Waals surface area contributed by atoms with Gasteiger partial charge in [-0.25, -0.2) is 0 Å². The molecule has 8 heteroatoms. The third kappa shape index (κ3) is 4.95. The lowest BCUT2D eigenvalue weighted by Gasteiger charge is -2.11. The second-order valence-corrected chi connectivity index (χ2v) is 5.34. The van der Waals surface area contributed by atoms with Gasteiger partial charge in [-0.05, 0) is 30.9 Å². The van der Waals surface area contributed by atoms with Gasteiger partial charge in [-0.3, -0.25) is 4.99 Å². The molecule has 0 amide bonds. The summed E-state index contributed by atoms with van der Waals surface area (Å²) < 4.78 is 2.00. The predicted molar refractivity (Wildman–Crippen MR) is 97.2 cm³/mol. The molecule has 2 heterocycles. The normalized spacial score (nSPS) is 11.1. The topological polar surface area (TPSA) is 67.1 Å². The minimum absolute atomic E-state index is 0. The van der Waals surface area contributed by atoms with Crippen LogP contribution >= 0.6 is 35.3 Å². The molecule has 0 aliphatic rings. The van der Waals surface area contributed by atoms with Gasteiger partial charge in [0.1, 0.15) is 6.33 Å². The zero-order valence-electron chi connectivity index (χ0n) is 12.5. The van der Waals surface area contributed by atoms with Crippen molar-refractivity contribution < 1.29 is 0 Å². The van der Waals surface area contributed by atoms with Gasteiger partial charge in [0, 0.05) is 18.5 Å². The van der Waals surface area contributed by atoms with Gasteiger partial charge >= 0.3 is 0 Å². The van der Waals surface area contributed by atoms with Gasteiger partial charge in [-0.15, -0.1) is 45.5 Å². The van der Waals surface area contributed by atoms with Crippen molar-refractivity contribution in [3.05, 3.63) is 34.0 Å². The number of guanidine groups is 1. The Labute approximate surface area is 146 Å². The summed E-state index contributed by atoms with van der Waals surface area (Å²) in [5, 5.41) is 16.7. The van der Waals surface area contributed by atoms with E-state index in [0.717, 1.165) is 24.9 Å². The molecule has 21 heavy (non-hydrogen) atoms. The molecule has 0 spiro atoms. The molecule has 0 saturated carbocycles. The Hall–Kier alpha value is -1.16. The molecule has 2 aromatic heterocycles. The number of aliphatic imine (C=N–C) groups is 1. The van der Waals surface area contributed by atoms with Crippen molar-refractivity contribution in [1.82, 2.24) is 25.4 Å². The van der Waals surface area contributed by atoms with Gasteiger partial charge in [0.2, 0.25) is 0 Å². The van der Waals surface area contributed by atoms with Gasteiger partial charge in [-0.2, -0.15) is 0 Å². The fourth-order valence-corrected chi connectivity index (χ4v) is 2.66. The zero-order chi connectivity index (χ0) is 14.4. The van der Waals surface area contributed by atoms with E-state index in [0.29, 0.717) is 6.54 Å². The maximum absolute atomic E-state index is 4.21. The smallest absolute Gasteiger partial charge is 0.191 e. The average molecular weight is 420 g/mol. The monoisotopic (exact) mass is 420 g/mol. The average Bonchev–Trinajstić information content (AvgIpc) is 3.08. The number of nitrogens with one attached hydrogen (secondary N) is 2. The Morgan fingerprint density at radius 2 is 2.14 bits per heavy atom. The molecule has 0 bridgehead atoms. The van der Waals surface area contributed by atoms with Crippen LogP contribution in [0.1, 0.15) is 23.2 Å². The van der Waals surface area contributed by atoms with Crippen LogP contribution < -0.4 is 10.6 Å². The molecule has 0 aromatic carbocycles. The number of hydrogen-bond donors (Lipinski definition) is 2. The first-order valence-electron chi connectivity index (χ1n) is 6.58. The van der Waals surface area contributed by atoms with Crippen molar-refractivity contribution in [3.8, 4) is 0 Å². The summed E-state index contributed by atoms with van der Waals surface area (Å²) in [5.41, 5.74) is 1.31. The van der Waals surface area contributed by atoms with Gasteiger partial charge in [0.05, 0.1) is 13.1 Å². The molecule has 2 rings (SSSR count). The first-order chi connectivity index (χ1) is 9.74. The highest BCUT2D eigenvalue weighted by atomic mass is 127. The maximum atomic E-state index is 4.21. The van der Waals surface area contributed by atoms with Gasteiger partial charge in [-0.1, -0.05) is 0 Å². The SMILES string of the molecule is CCn1cnnc1CNC(=NC)NCc1sccc1C.I. The van der Waals surface area contributed by atoms with E-state index in [2.05, 4.69) is 51.1 Å². The number of aryl methyl sites for hydroxylation is 2. The summed E-state index contributed by atoms with van der Waals surface area (Å²) in [5.74, 6) is 1.67. The lowest BCUT2D eigenvalue weighted by atomic mass is 10.3. The first-order valence-corrected chi connectivity index (χ1v) is 7.46. The maximum Gasteiger partial charge on any atom is 0.191 e. The van der Waals surface area contributed by atoms with Gasteiger partial charge in [0.25, 0.3) is 0 Å². The highest BCUT2D eigenvalue weighted by Crippen LogP contribution is 2.14. The molecular formula is C13H21IN6S. The predicted octanol–water partition coefficient (Wildman–Crippen LogP) is 2.15. The summed E-state index contributed by atoms with van der Waals surface area (Å²) >= 11 is 1.75. The van der Waals surface area contributed by atoms with Crippen molar-refractivity contribution in [2.45, 2.75) is 33.5 Å². The molecule has 0 saturated heterocycles. The minimum Gasteiger partial charge on any atom is -0.352 e. The molecule has 0 aliphatic heterocycles. The quantitative estimate of drug-likeness (QED) is 0.442. The number of nitrogens with zero attached hydrogens (tertiary/aromatic N) is 4. The number of thiophene rings is 1. The van der Waals surface area contributed by atoms with Crippen molar-refractivity contribution in [1.29, 1.82) is 0 Å². The first kappa shape index (κ1) is 17.9. The molecule has 0 fully saturated rings. The van der Waals surface area contributed by atoms with E-state index in [1.54, 1.807) is 24.7 Å². The van der Waals surface area contributed by atoms with E-state index in [-0.39, 0.29) is 24.0 Å². The number of aromatic nitrogens is 3. The number of rotatable bonds is 5. The fraction of sp³-hybridized carbons (Fsp3) is 0.462. The highest BCUT2D eigenvalue weighted by molar-refractivity contribution is 14.0. The Morgan fingerprint density at radius 3 is 2.76 bits per heavy atom. The minimum atomic E-state index is 0. The Bertz CT molecular complexity index is 577.